The molecule has 62 valence electrons. The first-order chi connectivity index (χ1) is 5.83. The molecule has 0 saturated carbocycles. The lowest BCUT2D eigenvalue weighted by atomic mass is 10.3. The molecule has 0 saturated heterocycles. The van der Waals surface area contributed by atoms with Crippen molar-refractivity contribution in [3.63, 3.8) is 0 Å². The Bertz CT molecular complexity index is 282. The van der Waals surface area contributed by atoms with Gasteiger partial charge in [-0.2, -0.15) is 0 Å². The van der Waals surface area contributed by atoms with Gasteiger partial charge in [-0.05, 0) is 12.1 Å². The van der Waals surface area contributed by atoms with Crippen molar-refractivity contribution >= 4 is 17.8 Å². The third-order valence-electron chi connectivity index (χ3n) is 1.23. The second-order valence-corrected chi connectivity index (χ2v) is 2.10. The lowest BCUT2D eigenvalue weighted by Crippen LogP contribution is -2.30. The number of benzene rings is 1. The summed E-state index contributed by atoms with van der Waals surface area (Å²) in [5.41, 5.74) is 2.67. The molecule has 0 atom stereocenters. The molecule has 1 aromatic carbocycles. The highest BCUT2D eigenvalue weighted by Crippen LogP contribution is 2.07. The fourth-order valence-electron chi connectivity index (χ4n) is 0.684. The summed E-state index contributed by atoms with van der Waals surface area (Å²) in [6.45, 7) is 0. The maximum absolute atomic E-state index is 10.6. The lowest BCUT2D eigenvalue weighted by Gasteiger charge is -1.90. The zero-order valence-corrected chi connectivity index (χ0v) is 6.40. The van der Waals surface area contributed by atoms with E-state index in [0.29, 0.717) is 0 Å². The van der Waals surface area contributed by atoms with E-state index in [1.165, 1.54) is 0 Å². The number of hydrogen-bond acceptors (Lipinski definition) is 3. The largest absolute Gasteiger partial charge is 0.289 e. The van der Waals surface area contributed by atoms with Gasteiger partial charge in [0.15, 0.2) is 0 Å². The Labute approximate surface area is 70.1 Å². The van der Waals surface area contributed by atoms with Gasteiger partial charge in [-0.15, -0.1) is 0 Å². The maximum Gasteiger partial charge on any atom is 0.276 e. The average Bonchev–Trinajstić information content (AvgIpc) is 2.16. The van der Waals surface area contributed by atoms with Crippen LogP contribution in [0.4, 0.5) is 5.69 Å². The van der Waals surface area contributed by atoms with Crippen molar-refractivity contribution in [3.8, 4) is 0 Å². The summed E-state index contributed by atoms with van der Waals surface area (Å²) < 4.78 is 0. The summed E-state index contributed by atoms with van der Waals surface area (Å²) in [4.78, 5) is 14.5. The third-order valence-corrected chi connectivity index (χ3v) is 1.23. The fraction of sp³-hybridized carbons (Fsp3) is 0. The molecule has 3 N–H and O–H groups in total. The molecule has 0 spiro atoms. The first-order valence-electron chi connectivity index (χ1n) is 3.42. The molecule has 0 aliphatic rings. The smallest absolute Gasteiger partial charge is 0.276 e. The Balaban J connectivity index is 2.64. The third kappa shape index (κ3) is 2.51. The van der Waals surface area contributed by atoms with Gasteiger partial charge >= 0.3 is 0 Å². The number of para-hydroxylation sites is 1. The van der Waals surface area contributed by atoms with Crippen LogP contribution in [0.1, 0.15) is 0 Å². The van der Waals surface area contributed by atoms with Crippen LogP contribution < -0.4 is 11.3 Å². The van der Waals surface area contributed by atoms with Crippen molar-refractivity contribution in [1.29, 1.82) is 0 Å². The molecule has 1 rings (SSSR count). The fourth-order valence-corrected chi connectivity index (χ4v) is 0.684. The number of hydrogen-bond donors (Lipinski definition) is 2. The standard InChI is InChI=1S/C8H9N3O/c9-11-8(12)6-10-7-4-2-1-3-5-7/h1-6H,9H2,(H,11,12). The van der Waals surface area contributed by atoms with Crippen LogP contribution in [0.3, 0.4) is 0 Å². The van der Waals surface area contributed by atoms with Crippen molar-refractivity contribution in [2.24, 2.45) is 10.8 Å². The summed E-state index contributed by atoms with van der Waals surface area (Å²) in [6, 6.07) is 9.14. The number of rotatable bonds is 2. The van der Waals surface area contributed by atoms with Crippen molar-refractivity contribution in [1.82, 2.24) is 5.43 Å². The highest BCUT2D eigenvalue weighted by molar-refractivity contribution is 6.26. The predicted octanol–water partition coefficient (Wildman–Crippen LogP) is 0.379. The molecule has 1 aromatic rings. The van der Waals surface area contributed by atoms with Crippen LogP contribution >= 0.6 is 0 Å². The number of nitrogens with two attached hydrogens (primary N) is 1. The molecule has 0 unspecified atom stereocenters. The van der Waals surface area contributed by atoms with E-state index in [-0.39, 0.29) is 0 Å². The lowest BCUT2D eigenvalue weighted by molar-refractivity contribution is -0.114. The van der Waals surface area contributed by atoms with Gasteiger partial charge in [-0.3, -0.25) is 15.2 Å². The van der Waals surface area contributed by atoms with Crippen molar-refractivity contribution in [2.75, 3.05) is 0 Å². The van der Waals surface area contributed by atoms with Crippen molar-refractivity contribution in [3.05, 3.63) is 30.3 Å². The molecular weight excluding hydrogens is 154 g/mol. The first-order valence-corrected chi connectivity index (χ1v) is 3.42. The molecular formula is C8H9N3O. The van der Waals surface area contributed by atoms with E-state index in [0.717, 1.165) is 11.9 Å². The normalized spacial score (nSPS) is 10.1. The SMILES string of the molecule is NNC(=O)C=Nc1ccccc1. The quantitative estimate of drug-likeness (QED) is 0.286. The zero-order chi connectivity index (χ0) is 8.81. The van der Waals surface area contributed by atoms with E-state index in [4.69, 9.17) is 5.84 Å². The predicted molar refractivity (Wildman–Crippen MR) is 46.9 cm³/mol. The van der Waals surface area contributed by atoms with Gasteiger partial charge in [-0.1, -0.05) is 18.2 Å². The molecule has 0 aliphatic carbocycles. The van der Waals surface area contributed by atoms with Crippen molar-refractivity contribution in [2.45, 2.75) is 0 Å². The number of carbonyl (C=O) groups is 1. The first kappa shape index (κ1) is 8.42. The molecule has 0 heterocycles. The molecule has 12 heavy (non-hydrogen) atoms. The monoisotopic (exact) mass is 163 g/mol. The van der Waals surface area contributed by atoms with Crippen LogP contribution in [0.2, 0.25) is 0 Å². The second kappa shape index (κ2) is 4.25. The number of nitrogens with one attached hydrogen (secondary N) is 1. The van der Waals surface area contributed by atoms with E-state index in [1.807, 2.05) is 23.6 Å². The number of amides is 1. The Morgan fingerprint density at radius 1 is 1.42 bits per heavy atom. The van der Waals surface area contributed by atoms with Gasteiger partial charge in [0.1, 0.15) is 0 Å². The minimum absolute atomic E-state index is 0.418. The van der Waals surface area contributed by atoms with E-state index in [2.05, 4.69) is 4.99 Å². The van der Waals surface area contributed by atoms with E-state index in [9.17, 15) is 4.79 Å². The van der Waals surface area contributed by atoms with Gasteiger partial charge in [0, 0.05) is 0 Å². The molecule has 0 bridgehead atoms. The maximum atomic E-state index is 10.6. The van der Waals surface area contributed by atoms with E-state index in [1.54, 1.807) is 12.1 Å². The van der Waals surface area contributed by atoms with Crippen molar-refractivity contribution < 1.29 is 4.79 Å². The van der Waals surface area contributed by atoms with Crippen LogP contribution in [0.5, 0.6) is 0 Å². The number of carbonyl (C=O) groups excluding carboxylic acids is 1. The van der Waals surface area contributed by atoms with Gasteiger partial charge in [-0.25, -0.2) is 5.84 Å². The van der Waals surface area contributed by atoms with E-state index >= 15 is 0 Å². The van der Waals surface area contributed by atoms with Gasteiger partial charge in [0.25, 0.3) is 5.91 Å². The highest BCUT2D eigenvalue weighted by atomic mass is 16.2. The Morgan fingerprint density at radius 3 is 2.67 bits per heavy atom. The zero-order valence-electron chi connectivity index (χ0n) is 6.40. The minimum Gasteiger partial charge on any atom is -0.289 e. The Morgan fingerprint density at radius 2 is 2.08 bits per heavy atom. The van der Waals surface area contributed by atoms with Crippen LogP contribution in [0.25, 0.3) is 0 Å². The van der Waals surface area contributed by atoms with Gasteiger partial charge in [0.2, 0.25) is 0 Å². The molecule has 0 fully saturated rings. The number of hydrazine groups is 1. The summed E-state index contributed by atoms with van der Waals surface area (Å²) in [7, 11) is 0. The summed E-state index contributed by atoms with van der Waals surface area (Å²) in [5, 5.41) is 0. The summed E-state index contributed by atoms with van der Waals surface area (Å²) >= 11 is 0. The van der Waals surface area contributed by atoms with Crippen LogP contribution in [0, 0.1) is 0 Å². The summed E-state index contributed by atoms with van der Waals surface area (Å²) in [5.74, 6) is 4.43. The average molecular weight is 163 g/mol. The molecule has 4 nitrogen and oxygen atoms in total. The molecule has 1 amide bonds. The topological polar surface area (TPSA) is 67.5 Å². The Kier molecular flexibility index (Phi) is 2.98. The van der Waals surface area contributed by atoms with Crippen LogP contribution in [-0.4, -0.2) is 12.1 Å². The minimum atomic E-state index is -0.418. The van der Waals surface area contributed by atoms with Gasteiger partial charge in [0.05, 0.1) is 11.9 Å². The number of nitrogens with zero attached hydrogens (tertiary/aromatic N) is 1. The molecule has 0 aromatic heterocycles. The van der Waals surface area contributed by atoms with Crippen LogP contribution in [-0.2, 0) is 4.79 Å². The van der Waals surface area contributed by atoms with E-state index < -0.39 is 5.91 Å². The van der Waals surface area contributed by atoms with Crippen LogP contribution in [0.15, 0.2) is 35.3 Å². The molecule has 4 heteroatoms. The molecule has 0 aliphatic heterocycles. The second-order valence-electron chi connectivity index (χ2n) is 2.10. The van der Waals surface area contributed by atoms with Gasteiger partial charge < -0.3 is 0 Å². The number of aliphatic imine (C=N–C) groups is 1. The Hall–Kier alpha value is -1.68. The highest BCUT2D eigenvalue weighted by Gasteiger charge is 1.89. The summed E-state index contributed by atoms with van der Waals surface area (Å²) in [6.07, 6.45) is 1.13. The molecule has 0 radical (unpaired) electrons.